The predicted molar refractivity (Wildman–Crippen MR) is 136 cm³/mol. The Kier molecular flexibility index (Phi) is 22.1. The van der Waals surface area contributed by atoms with Crippen LogP contribution in [0.4, 0.5) is 0 Å². The molecule has 0 aliphatic rings. The van der Waals surface area contributed by atoms with E-state index in [2.05, 4.69) is 20.8 Å². The highest BCUT2D eigenvalue weighted by Crippen LogP contribution is 2.21. The summed E-state index contributed by atoms with van der Waals surface area (Å²) in [6.45, 7) is 9.11. The normalized spacial score (nSPS) is 12.7. The third-order valence-corrected chi connectivity index (χ3v) is 6.16. The van der Waals surface area contributed by atoms with Gasteiger partial charge in [0.1, 0.15) is 0 Å². The van der Waals surface area contributed by atoms with Gasteiger partial charge in [0.2, 0.25) is 0 Å². The van der Waals surface area contributed by atoms with Crippen LogP contribution in [0.15, 0.2) is 0 Å². The van der Waals surface area contributed by atoms with Crippen molar-refractivity contribution < 1.29 is 28.6 Å². The molecule has 0 aromatic rings. The number of carbonyl (C=O) groups is 3. The molecule has 34 heavy (non-hydrogen) atoms. The summed E-state index contributed by atoms with van der Waals surface area (Å²) >= 11 is 0. The molecule has 0 heterocycles. The molecule has 0 radical (unpaired) electrons. The number of carbonyl (C=O) groups excluding carboxylic acids is 3. The van der Waals surface area contributed by atoms with E-state index in [1.807, 2.05) is 0 Å². The third kappa shape index (κ3) is 17.8. The van der Waals surface area contributed by atoms with Gasteiger partial charge in [-0.15, -0.1) is 0 Å². The SMILES string of the molecule is CCCCCCCOC(=O)CC(C(=O)OCCCCCCC)C(C)C(=O)OCCCCCCC. The van der Waals surface area contributed by atoms with Crippen molar-refractivity contribution in [1.82, 2.24) is 0 Å². The molecular formula is C28H52O6. The van der Waals surface area contributed by atoms with Crippen molar-refractivity contribution in [2.75, 3.05) is 19.8 Å². The third-order valence-electron chi connectivity index (χ3n) is 6.16. The van der Waals surface area contributed by atoms with E-state index in [4.69, 9.17) is 14.2 Å². The first kappa shape index (κ1) is 32.4. The number of esters is 3. The topological polar surface area (TPSA) is 78.9 Å². The van der Waals surface area contributed by atoms with Crippen molar-refractivity contribution in [2.45, 2.75) is 130 Å². The molecular weight excluding hydrogens is 432 g/mol. The zero-order chi connectivity index (χ0) is 25.4. The first-order chi connectivity index (χ1) is 16.5. The molecule has 0 amide bonds. The minimum Gasteiger partial charge on any atom is -0.466 e. The lowest BCUT2D eigenvalue weighted by Crippen LogP contribution is -2.33. The number of rotatable bonds is 23. The Bertz CT molecular complexity index is 519. The van der Waals surface area contributed by atoms with Crippen molar-refractivity contribution in [3.05, 3.63) is 0 Å². The highest BCUT2D eigenvalue weighted by molar-refractivity contribution is 5.85. The molecule has 0 aliphatic heterocycles. The number of ether oxygens (including phenoxy) is 3. The fourth-order valence-corrected chi connectivity index (χ4v) is 3.75. The van der Waals surface area contributed by atoms with E-state index in [-0.39, 0.29) is 6.42 Å². The van der Waals surface area contributed by atoms with Crippen molar-refractivity contribution in [2.24, 2.45) is 11.8 Å². The second-order valence-corrected chi connectivity index (χ2v) is 9.40. The van der Waals surface area contributed by atoms with Gasteiger partial charge in [-0.2, -0.15) is 0 Å². The number of unbranched alkanes of at least 4 members (excludes halogenated alkanes) is 12. The van der Waals surface area contributed by atoms with Gasteiger partial charge < -0.3 is 14.2 Å². The standard InChI is InChI=1S/C28H52O6/c1-5-8-11-14-17-20-32-26(29)23-25(28(31)34-22-19-16-13-10-7-3)24(4)27(30)33-21-18-15-12-9-6-2/h24-25H,5-23H2,1-4H3. The van der Waals surface area contributed by atoms with Gasteiger partial charge >= 0.3 is 17.9 Å². The second kappa shape index (κ2) is 23.2. The minimum absolute atomic E-state index is 0.156. The molecule has 0 N–H and O–H groups in total. The van der Waals surface area contributed by atoms with E-state index in [0.29, 0.717) is 19.8 Å². The fraction of sp³-hybridized carbons (Fsp3) is 0.893. The average molecular weight is 485 g/mol. The highest BCUT2D eigenvalue weighted by atomic mass is 16.5. The zero-order valence-electron chi connectivity index (χ0n) is 22.5. The summed E-state index contributed by atoms with van der Waals surface area (Å²) in [4.78, 5) is 37.8. The highest BCUT2D eigenvalue weighted by Gasteiger charge is 2.35. The fourth-order valence-electron chi connectivity index (χ4n) is 3.75. The summed E-state index contributed by atoms with van der Waals surface area (Å²) < 4.78 is 16.2. The van der Waals surface area contributed by atoms with Crippen molar-refractivity contribution in [1.29, 1.82) is 0 Å². The Balaban J connectivity index is 4.66. The zero-order valence-corrected chi connectivity index (χ0v) is 22.5. The van der Waals surface area contributed by atoms with Gasteiger partial charge in [-0.1, -0.05) is 105 Å². The van der Waals surface area contributed by atoms with Gasteiger partial charge in [0, 0.05) is 0 Å². The van der Waals surface area contributed by atoms with Crippen LogP contribution in [0.25, 0.3) is 0 Å². The van der Waals surface area contributed by atoms with E-state index < -0.39 is 29.7 Å². The Morgan fingerprint density at radius 3 is 1.35 bits per heavy atom. The van der Waals surface area contributed by atoms with Crippen molar-refractivity contribution in [3.8, 4) is 0 Å². The molecule has 0 bridgehead atoms. The predicted octanol–water partition coefficient (Wildman–Crippen LogP) is 7.17. The van der Waals surface area contributed by atoms with E-state index in [1.54, 1.807) is 6.92 Å². The van der Waals surface area contributed by atoms with Crippen LogP contribution in [0.1, 0.15) is 130 Å². The summed E-state index contributed by atoms with van der Waals surface area (Å²) in [7, 11) is 0. The van der Waals surface area contributed by atoms with Gasteiger partial charge in [-0.3, -0.25) is 14.4 Å². The minimum atomic E-state index is -0.879. The Labute approximate surface area is 208 Å². The lowest BCUT2D eigenvalue weighted by Gasteiger charge is -2.21. The molecule has 0 rings (SSSR count). The molecule has 0 fully saturated rings. The lowest BCUT2D eigenvalue weighted by molar-refractivity contribution is -0.164. The molecule has 0 spiro atoms. The smallest absolute Gasteiger partial charge is 0.310 e. The first-order valence-corrected chi connectivity index (χ1v) is 14.0. The lowest BCUT2D eigenvalue weighted by atomic mass is 9.91. The monoisotopic (exact) mass is 484 g/mol. The maximum absolute atomic E-state index is 12.8. The van der Waals surface area contributed by atoms with Gasteiger partial charge in [0.05, 0.1) is 38.1 Å². The Morgan fingerprint density at radius 1 is 0.529 bits per heavy atom. The van der Waals surface area contributed by atoms with Crippen LogP contribution in [0.5, 0.6) is 0 Å². The van der Waals surface area contributed by atoms with E-state index in [1.165, 1.54) is 19.3 Å². The molecule has 2 atom stereocenters. The molecule has 0 saturated heterocycles. The number of hydrogen-bond donors (Lipinski definition) is 0. The van der Waals surface area contributed by atoms with Gasteiger partial charge in [0.25, 0.3) is 0 Å². The Morgan fingerprint density at radius 2 is 0.912 bits per heavy atom. The van der Waals surface area contributed by atoms with Crippen LogP contribution in [0.3, 0.4) is 0 Å². The number of hydrogen-bond acceptors (Lipinski definition) is 6. The van der Waals surface area contributed by atoms with Crippen LogP contribution >= 0.6 is 0 Å². The molecule has 0 saturated carbocycles. The summed E-state index contributed by atoms with van der Waals surface area (Å²) in [6, 6.07) is 0. The van der Waals surface area contributed by atoms with Crippen molar-refractivity contribution in [3.63, 3.8) is 0 Å². The molecule has 0 aromatic heterocycles. The second-order valence-electron chi connectivity index (χ2n) is 9.40. The maximum atomic E-state index is 12.8. The largest absolute Gasteiger partial charge is 0.466 e. The van der Waals surface area contributed by atoms with Crippen LogP contribution in [0, 0.1) is 11.8 Å². The molecule has 6 heteroatoms. The summed E-state index contributed by atoms with van der Waals surface area (Å²) in [6.07, 6.45) is 15.7. The van der Waals surface area contributed by atoms with E-state index in [9.17, 15) is 14.4 Å². The van der Waals surface area contributed by atoms with Crippen LogP contribution in [-0.4, -0.2) is 37.7 Å². The quantitative estimate of drug-likeness (QED) is 0.0869. The van der Waals surface area contributed by atoms with Crippen molar-refractivity contribution >= 4 is 17.9 Å². The van der Waals surface area contributed by atoms with Crippen LogP contribution < -0.4 is 0 Å². The Hall–Kier alpha value is -1.59. The first-order valence-electron chi connectivity index (χ1n) is 14.0. The van der Waals surface area contributed by atoms with E-state index in [0.717, 1.165) is 77.0 Å². The van der Waals surface area contributed by atoms with Crippen LogP contribution in [-0.2, 0) is 28.6 Å². The van der Waals surface area contributed by atoms with E-state index >= 15 is 0 Å². The molecule has 0 aromatic carbocycles. The molecule has 2 unspecified atom stereocenters. The molecule has 0 aliphatic carbocycles. The summed E-state index contributed by atoms with van der Waals surface area (Å²) in [5.41, 5.74) is 0. The molecule has 200 valence electrons. The van der Waals surface area contributed by atoms with Gasteiger partial charge in [0.15, 0.2) is 0 Å². The van der Waals surface area contributed by atoms with Gasteiger partial charge in [-0.05, 0) is 19.3 Å². The maximum Gasteiger partial charge on any atom is 0.310 e. The summed E-state index contributed by atoms with van der Waals surface area (Å²) in [5, 5.41) is 0. The van der Waals surface area contributed by atoms with Gasteiger partial charge in [-0.25, -0.2) is 0 Å². The van der Waals surface area contributed by atoms with Crippen LogP contribution in [0.2, 0.25) is 0 Å². The summed E-state index contributed by atoms with van der Waals surface area (Å²) in [5.74, 6) is -3.05. The average Bonchev–Trinajstić information content (AvgIpc) is 2.83. The molecule has 6 nitrogen and oxygen atoms in total.